The molecule has 1 aliphatic rings. The fourth-order valence-corrected chi connectivity index (χ4v) is 1.68. The summed E-state index contributed by atoms with van der Waals surface area (Å²) in [6.07, 6.45) is 11.6. The third-order valence-corrected chi connectivity index (χ3v) is 2.49. The van der Waals surface area contributed by atoms with Crippen LogP contribution in [0.1, 0.15) is 26.2 Å². The van der Waals surface area contributed by atoms with Gasteiger partial charge in [0.1, 0.15) is 0 Å². The fraction of sp³-hybridized carbons (Fsp3) is 0.333. The van der Waals surface area contributed by atoms with Gasteiger partial charge < -0.3 is 0 Å². The zero-order chi connectivity index (χ0) is 9.80. The zero-order valence-corrected chi connectivity index (χ0v) is 8.40. The molecule has 1 heterocycles. The van der Waals surface area contributed by atoms with Gasteiger partial charge in [-0.2, -0.15) is 10.2 Å². The minimum Gasteiger partial charge on any atom is -0.159 e. The Morgan fingerprint density at radius 3 is 3.21 bits per heavy atom. The number of hydrogen-bond donors (Lipinski definition) is 0. The molecule has 0 atom stereocenters. The molecule has 0 radical (unpaired) electrons. The molecular weight excluding hydrogens is 172 g/mol. The zero-order valence-electron chi connectivity index (χ0n) is 8.40. The summed E-state index contributed by atoms with van der Waals surface area (Å²) in [5.74, 6) is 0. The van der Waals surface area contributed by atoms with Crippen LogP contribution >= 0.6 is 0 Å². The fourth-order valence-electron chi connectivity index (χ4n) is 1.68. The van der Waals surface area contributed by atoms with E-state index in [0.29, 0.717) is 0 Å². The summed E-state index contributed by atoms with van der Waals surface area (Å²) in [7, 11) is 0. The van der Waals surface area contributed by atoms with E-state index in [2.05, 4.69) is 35.3 Å². The molecule has 0 amide bonds. The smallest absolute Gasteiger partial charge is 0.0918 e. The molecule has 2 rings (SSSR count). The molecule has 0 unspecified atom stereocenters. The van der Waals surface area contributed by atoms with E-state index in [1.165, 1.54) is 17.2 Å². The number of allylic oxidation sites excluding steroid dienone is 2. The second kappa shape index (κ2) is 4.18. The molecule has 2 heteroatoms. The average molecular weight is 186 g/mol. The van der Waals surface area contributed by atoms with Crippen molar-refractivity contribution in [1.29, 1.82) is 0 Å². The lowest BCUT2D eigenvalue weighted by atomic mass is 10.1. The Bertz CT molecular complexity index is 457. The molecule has 72 valence electrons. The van der Waals surface area contributed by atoms with E-state index in [1.54, 1.807) is 6.20 Å². The number of nitrogens with zero attached hydrogens (tertiary/aromatic N) is 2. The van der Waals surface area contributed by atoms with E-state index >= 15 is 0 Å². The van der Waals surface area contributed by atoms with Gasteiger partial charge in [0.05, 0.1) is 11.5 Å². The van der Waals surface area contributed by atoms with Crippen LogP contribution < -0.4 is 10.6 Å². The normalized spacial score (nSPS) is 24.8. The topological polar surface area (TPSA) is 25.8 Å². The Morgan fingerprint density at radius 2 is 2.29 bits per heavy atom. The van der Waals surface area contributed by atoms with Crippen LogP contribution in [0, 0.1) is 0 Å². The Kier molecular flexibility index (Phi) is 2.73. The molecule has 0 fully saturated rings. The van der Waals surface area contributed by atoms with Gasteiger partial charge in [0.25, 0.3) is 0 Å². The first kappa shape index (κ1) is 9.13. The first-order valence-electron chi connectivity index (χ1n) is 5.02. The first-order valence-corrected chi connectivity index (χ1v) is 5.02. The minimum atomic E-state index is 1.05. The summed E-state index contributed by atoms with van der Waals surface area (Å²) in [5.41, 5.74) is 1.34. The molecule has 0 aromatic carbocycles. The molecule has 1 aliphatic carbocycles. The maximum Gasteiger partial charge on any atom is 0.0918 e. The Balaban J connectivity index is 2.71. The SMILES string of the molecule is C\C1=c2/nncc/c2=C/C=C\CCC1. The molecular formula is C12H14N2. The maximum atomic E-state index is 4.19. The van der Waals surface area contributed by atoms with E-state index in [4.69, 9.17) is 0 Å². The highest BCUT2D eigenvalue weighted by Crippen LogP contribution is 2.06. The van der Waals surface area contributed by atoms with E-state index in [9.17, 15) is 0 Å². The van der Waals surface area contributed by atoms with Crippen LogP contribution in [0.25, 0.3) is 11.6 Å². The van der Waals surface area contributed by atoms with Crippen LogP contribution in [0.2, 0.25) is 0 Å². The quantitative estimate of drug-likeness (QED) is 0.608. The number of fused-ring (bicyclic) bond motifs is 1. The molecule has 14 heavy (non-hydrogen) atoms. The van der Waals surface area contributed by atoms with Crippen molar-refractivity contribution in [2.75, 3.05) is 0 Å². The van der Waals surface area contributed by atoms with Gasteiger partial charge in [-0.25, -0.2) is 0 Å². The molecule has 0 bridgehead atoms. The van der Waals surface area contributed by atoms with Crippen molar-refractivity contribution in [3.05, 3.63) is 35.0 Å². The summed E-state index contributed by atoms with van der Waals surface area (Å²) in [4.78, 5) is 0. The van der Waals surface area contributed by atoms with Crippen LogP contribution in [-0.2, 0) is 0 Å². The van der Waals surface area contributed by atoms with Gasteiger partial charge in [-0.1, -0.05) is 18.2 Å². The van der Waals surface area contributed by atoms with Gasteiger partial charge in [0.2, 0.25) is 0 Å². The summed E-state index contributed by atoms with van der Waals surface area (Å²) >= 11 is 0. The average Bonchev–Trinajstić information content (AvgIpc) is 2.30. The van der Waals surface area contributed by atoms with Gasteiger partial charge in [-0.3, -0.25) is 0 Å². The van der Waals surface area contributed by atoms with E-state index in [1.807, 2.05) is 6.07 Å². The second-order valence-corrected chi connectivity index (χ2v) is 3.60. The molecule has 1 aromatic rings. The number of rotatable bonds is 0. The van der Waals surface area contributed by atoms with Crippen LogP contribution in [0.3, 0.4) is 0 Å². The molecule has 0 saturated carbocycles. The Morgan fingerprint density at radius 1 is 1.36 bits per heavy atom. The van der Waals surface area contributed by atoms with E-state index in [-0.39, 0.29) is 0 Å². The van der Waals surface area contributed by atoms with E-state index < -0.39 is 0 Å². The standard InChI is InChI=1S/C12H14N2/c1-10-6-4-2-3-5-7-11-8-9-13-14-12(10)11/h3,5,7-9H,2,4,6H2,1H3/b5-3-,11-7-,12-10+. The van der Waals surface area contributed by atoms with Crippen molar-refractivity contribution >= 4 is 11.6 Å². The third kappa shape index (κ3) is 1.90. The van der Waals surface area contributed by atoms with E-state index in [0.717, 1.165) is 18.2 Å². The summed E-state index contributed by atoms with van der Waals surface area (Å²) in [5, 5.41) is 10.4. The predicted molar refractivity (Wildman–Crippen MR) is 57.8 cm³/mol. The van der Waals surface area contributed by atoms with Gasteiger partial charge in [0.15, 0.2) is 0 Å². The molecule has 2 nitrogen and oxygen atoms in total. The molecule has 0 saturated heterocycles. The highest BCUT2D eigenvalue weighted by Gasteiger charge is 1.96. The number of hydrogen-bond acceptors (Lipinski definition) is 2. The monoisotopic (exact) mass is 186 g/mol. The third-order valence-electron chi connectivity index (χ3n) is 2.49. The Hall–Kier alpha value is -1.44. The van der Waals surface area contributed by atoms with Crippen molar-refractivity contribution < 1.29 is 0 Å². The van der Waals surface area contributed by atoms with Crippen LogP contribution in [0.4, 0.5) is 0 Å². The lowest BCUT2D eigenvalue weighted by Crippen LogP contribution is -2.30. The highest BCUT2D eigenvalue weighted by atomic mass is 15.1. The minimum absolute atomic E-state index is 1.05. The summed E-state index contributed by atoms with van der Waals surface area (Å²) < 4.78 is 0. The van der Waals surface area contributed by atoms with Crippen LogP contribution in [0.5, 0.6) is 0 Å². The van der Waals surface area contributed by atoms with Gasteiger partial charge in [0, 0.05) is 5.22 Å². The van der Waals surface area contributed by atoms with Gasteiger partial charge >= 0.3 is 0 Å². The first-order chi connectivity index (χ1) is 6.88. The van der Waals surface area contributed by atoms with Crippen LogP contribution in [-0.4, -0.2) is 10.2 Å². The predicted octanol–water partition coefficient (Wildman–Crippen LogP) is 1.17. The highest BCUT2D eigenvalue weighted by molar-refractivity contribution is 5.44. The lowest BCUT2D eigenvalue weighted by Gasteiger charge is -1.97. The largest absolute Gasteiger partial charge is 0.159 e. The van der Waals surface area contributed by atoms with Crippen molar-refractivity contribution in [3.8, 4) is 0 Å². The molecule has 0 N–H and O–H groups in total. The maximum absolute atomic E-state index is 4.19. The van der Waals surface area contributed by atoms with Gasteiger partial charge in [-0.15, -0.1) is 0 Å². The van der Waals surface area contributed by atoms with Crippen molar-refractivity contribution in [1.82, 2.24) is 10.2 Å². The van der Waals surface area contributed by atoms with Gasteiger partial charge in [-0.05, 0) is 37.8 Å². The van der Waals surface area contributed by atoms with Crippen molar-refractivity contribution in [2.24, 2.45) is 0 Å². The van der Waals surface area contributed by atoms with Crippen LogP contribution in [0.15, 0.2) is 24.4 Å². The Labute approximate surface area is 83.7 Å². The van der Waals surface area contributed by atoms with Crippen molar-refractivity contribution in [2.45, 2.75) is 26.2 Å². The number of aromatic nitrogens is 2. The summed E-state index contributed by atoms with van der Waals surface area (Å²) in [6, 6.07) is 2.02. The molecule has 0 aliphatic heterocycles. The second-order valence-electron chi connectivity index (χ2n) is 3.60. The molecule has 1 aromatic heterocycles. The molecule has 0 spiro atoms. The van der Waals surface area contributed by atoms with Crippen molar-refractivity contribution in [3.63, 3.8) is 0 Å². The lowest BCUT2D eigenvalue weighted by molar-refractivity contribution is 0.863. The summed E-state index contributed by atoms with van der Waals surface area (Å²) in [6.45, 7) is 2.15.